The van der Waals surface area contributed by atoms with Crippen molar-refractivity contribution in [3.63, 3.8) is 0 Å². The zero-order valence-electron chi connectivity index (χ0n) is 11.1. The molecule has 102 valence electrons. The molecule has 0 spiro atoms. The first-order valence-corrected chi connectivity index (χ1v) is 6.10. The van der Waals surface area contributed by atoms with E-state index in [1.165, 1.54) is 0 Å². The Morgan fingerprint density at radius 2 is 2.22 bits per heavy atom. The molecule has 0 amide bonds. The summed E-state index contributed by atoms with van der Waals surface area (Å²) < 4.78 is 5.27. The molecule has 1 atom stereocenters. The molecule has 1 aromatic heterocycles. The van der Waals surface area contributed by atoms with E-state index in [1.54, 1.807) is 13.0 Å². The first kappa shape index (κ1) is 14.7. The van der Waals surface area contributed by atoms with Crippen molar-refractivity contribution in [2.24, 2.45) is 0 Å². The molecule has 0 aliphatic heterocycles. The molecule has 0 aromatic carbocycles. The normalized spacial score (nSPS) is 14.4. The average molecular weight is 255 g/mol. The number of aromatic carboxylic acids is 1. The zero-order chi connectivity index (χ0) is 13.8. The van der Waals surface area contributed by atoms with E-state index in [0.717, 1.165) is 6.42 Å². The van der Waals surface area contributed by atoms with Crippen LogP contribution in [0.4, 0.5) is 0 Å². The molecule has 0 saturated carbocycles. The Hall–Kier alpha value is -1.33. The Morgan fingerprint density at radius 1 is 1.56 bits per heavy atom. The lowest BCUT2D eigenvalue weighted by Gasteiger charge is -2.28. The fourth-order valence-corrected chi connectivity index (χ4v) is 1.78. The largest absolute Gasteiger partial charge is 0.475 e. The van der Waals surface area contributed by atoms with E-state index in [4.69, 9.17) is 14.6 Å². The van der Waals surface area contributed by atoms with Crippen molar-refractivity contribution >= 4 is 5.97 Å². The predicted molar refractivity (Wildman–Crippen MR) is 67.6 cm³/mol. The number of aryl methyl sites for hydroxylation is 1. The minimum atomic E-state index is -1.05. The SMILES string of the molecule is CCC(C)(CCO)NCc1cc(C)c(C(=O)O)o1. The van der Waals surface area contributed by atoms with Gasteiger partial charge in [-0.2, -0.15) is 0 Å². The molecule has 1 rings (SSSR count). The molecule has 3 N–H and O–H groups in total. The van der Waals surface area contributed by atoms with Crippen LogP contribution in [0.15, 0.2) is 10.5 Å². The molecule has 1 unspecified atom stereocenters. The summed E-state index contributed by atoms with van der Waals surface area (Å²) in [6.45, 7) is 6.35. The maximum atomic E-state index is 10.8. The number of hydrogen-bond acceptors (Lipinski definition) is 4. The van der Waals surface area contributed by atoms with Gasteiger partial charge in [-0.25, -0.2) is 4.79 Å². The molecule has 1 aromatic rings. The van der Waals surface area contributed by atoms with Crippen LogP contribution in [0.2, 0.25) is 0 Å². The number of rotatable bonds is 7. The highest BCUT2D eigenvalue weighted by Crippen LogP contribution is 2.18. The number of aliphatic hydroxyl groups is 1. The van der Waals surface area contributed by atoms with Crippen LogP contribution in [0.5, 0.6) is 0 Å². The van der Waals surface area contributed by atoms with Crippen LogP contribution in [0.1, 0.15) is 48.6 Å². The van der Waals surface area contributed by atoms with Gasteiger partial charge in [-0.3, -0.25) is 0 Å². The molecular formula is C13H21NO4. The average Bonchev–Trinajstić information content (AvgIpc) is 2.69. The lowest BCUT2D eigenvalue weighted by molar-refractivity contribution is 0.0659. The summed E-state index contributed by atoms with van der Waals surface area (Å²) in [5, 5.41) is 21.2. The van der Waals surface area contributed by atoms with Gasteiger partial charge in [0.2, 0.25) is 5.76 Å². The second kappa shape index (κ2) is 6.02. The zero-order valence-corrected chi connectivity index (χ0v) is 11.1. The summed E-state index contributed by atoms with van der Waals surface area (Å²) >= 11 is 0. The van der Waals surface area contributed by atoms with E-state index >= 15 is 0 Å². The van der Waals surface area contributed by atoms with Crippen LogP contribution in [0.25, 0.3) is 0 Å². The Kier molecular flexibility index (Phi) is 4.93. The van der Waals surface area contributed by atoms with Crippen molar-refractivity contribution in [1.82, 2.24) is 5.32 Å². The van der Waals surface area contributed by atoms with Gasteiger partial charge in [-0.05, 0) is 32.8 Å². The monoisotopic (exact) mass is 255 g/mol. The predicted octanol–water partition coefficient (Wildman–Crippen LogP) is 1.93. The summed E-state index contributed by atoms with van der Waals surface area (Å²) in [5.41, 5.74) is 0.457. The van der Waals surface area contributed by atoms with Crippen LogP contribution < -0.4 is 5.32 Å². The molecule has 0 saturated heterocycles. The first-order chi connectivity index (χ1) is 8.41. The number of carboxylic acid groups (broad SMARTS) is 1. The minimum Gasteiger partial charge on any atom is -0.475 e. The fourth-order valence-electron chi connectivity index (χ4n) is 1.78. The Morgan fingerprint density at radius 3 is 2.67 bits per heavy atom. The summed E-state index contributed by atoms with van der Waals surface area (Å²) in [4.78, 5) is 10.8. The molecule has 0 radical (unpaired) electrons. The maximum Gasteiger partial charge on any atom is 0.372 e. The van der Waals surface area contributed by atoms with Gasteiger partial charge in [0.05, 0.1) is 6.54 Å². The van der Waals surface area contributed by atoms with Gasteiger partial charge in [0, 0.05) is 17.7 Å². The molecule has 0 bridgehead atoms. The van der Waals surface area contributed by atoms with Crippen molar-refractivity contribution in [3.05, 3.63) is 23.2 Å². The number of hydrogen-bond donors (Lipinski definition) is 3. The second-order valence-corrected chi connectivity index (χ2v) is 4.77. The molecule has 5 nitrogen and oxygen atoms in total. The Balaban J connectivity index is 2.68. The molecule has 5 heteroatoms. The molecule has 18 heavy (non-hydrogen) atoms. The summed E-state index contributed by atoms with van der Waals surface area (Å²) in [7, 11) is 0. The number of furan rings is 1. The molecular weight excluding hydrogens is 234 g/mol. The molecule has 0 aliphatic carbocycles. The van der Waals surface area contributed by atoms with Gasteiger partial charge in [-0.15, -0.1) is 0 Å². The topological polar surface area (TPSA) is 82.7 Å². The van der Waals surface area contributed by atoms with Crippen LogP contribution in [0.3, 0.4) is 0 Å². The van der Waals surface area contributed by atoms with Gasteiger partial charge in [0.15, 0.2) is 0 Å². The summed E-state index contributed by atoms with van der Waals surface area (Å²) in [6.07, 6.45) is 1.52. The van der Waals surface area contributed by atoms with E-state index in [1.807, 2.05) is 13.8 Å². The molecule has 0 aliphatic rings. The lowest BCUT2D eigenvalue weighted by atomic mass is 9.95. The highest BCUT2D eigenvalue weighted by atomic mass is 16.4. The Labute approximate surface area is 107 Å². The van der Waals surface area contributed by atoms with E-state index < -0.39 is 5.97 Å². The first-order valence-electron chi connectivity index (χ1n) is 6.10. The van der Waals surface area contributed by atoms with E-state index in [2.05, 4.69) is 5.32 Å². The molecule has 1 heterocycles. The molecule has 0 fully saturated rings. The van der Waals surface area contributed by atoms with Crippen LogP contribution in [0, 0.1) is 6.92 Å². The van der Waals surface area contributed by atoms with E-state index in [9.17, 15) is 4.79 Å². The number of carboxylic acids is 1. The third-order valence-electron chi connectivity index (χ3n) is 3.30. The number of aliphatic hydroxyl groups excluding tert-OH is 1. The van der Waals surface area contributed by atoms with Crippen molar-refractivity contribution in [3.8, 4) is 0 Å². The summed E-state index contributed by atoms with van der Waals surface area (Å²) in [5.74, 6) is -0.456. The second-order valence-electron chi connectivity index (χ2n) is 4.77. The number of nitrogens with one attached hydrogen (secondary N) is 1. The van der Waals surface area contributed by atoms with Gasteiger partial charge in [-0.1, -0.05) is 6.92 Å². The smallest absolute Gasteiger partial charge is 0.372 e. The van der Waals surface area contributed by atoms with Crippen molar-refractivity contribution < 1.29 is 19.4 Å². The third kappa shape index (κ3) is 3.58. The summed E-state index contributed by atoms with van der Waals surface area (Å²) in [6, 6.07) is 1.73. The highest BCUT2D eigenvalue weighted by Gasteiger charge is 2.22. The minimum absolute atomic E-state index is 0.00726. The van der Waals surface area contributed by atoms with Crippen LogP contribution in [-0.4, -0.2) is 28.3 Å². The van der Waals surface area contributed by atoms with E-state index in [0.29, 0.717) is 24.3 Å². The standard InChI is InChI=1S/C13H21NO4/c1-4-13(3,5-6-15)14-8-10-7-9(2)11(18-10)12(16)17/h7,14-15H,4-6,8H2,1-3H3,(H,16,17). The Bertz CT molecular complexity index is 413. The van der Waals surface area contributed by atoms with Crippen LogP contribution in [-0.2, 0) is 6.54 Å². The van der Waals surface area contributed by atoms with Gasteiger partial charge in [0.25, 0.3) is 0 Å². The quantitative estimate of drug-likeness (QED) is 0.693. The van der Waals surface area contributed by atoms with Gasteiger partial charge < -0.3 is 19.9 Å². The highest BCUT2D eigenvalue weighted by molar-refractivity contribution is 5.86. The van der Waals surface area contributed by atoms with Crippen LogP contribution >= 0.6 is 0 Å². The van der Waals surface area contributed by atoms with Crippen molar-refractivity contribution in [1.29, 1.82) is 0 Å². The third-order valence-corrected chi connectivity index (χ3v) is 3.30. The van der Waals surface area contributed by atoms with Crippen molar-refractivity contribution in [2.75, 3.05) is 6.61 Å². The number of carbonyl (C=O) groups is 1. The van der Waals surface area contributed by atoms with Gasteiger partial charge in [0.1, 0.15) is 5.76 Å². The lowest BCUT2D eigenvalue weighted by Crippen LogP contribution is -2.41. The van der Waals surface area contributed by atoms with Gasteiger partial charge >= 0.3 is 5.97 Å². The van der Waals surface area contributed by atoms with Crippen molar-refractivity contribution in [2.45, 2.75) is 45.7 Å². The maximum absolute atomic E-state index is 10.8. The van der Waals surface area contributed by atoms with E-state index in [-0.39, 0.29) is 17.9 Å². The fraction of sp³-hybridized carbons (Fsp3) is 0.615.